The molecule has 5 aliphatic carbocycles. The summed E-state index contributed by atoms with van der Waals surface area (Å²) < 4.78 is 0. The third-order valence-corrected chi connectivity index (χ3v) is 6.12. The Morgan fingerprint density at radius 2 is 1.08 bits per heavy atom. The number of hydrogen-bond acceptors (Lipinski definition) is 0. The first kappa shape index (κ1) is 5.67. The Kier molecular flexibility index (Phi) is 0.663. The molecule has 0 aromatic carbocycles. The van der Waals surface area contributed by atoms with Gasteiger partial charge < -0.3 is 0 Å². The summed E-state index contributed by atoms with van der Waals surface area (Å²) in [5, 5.41) is 0. The van der Waals surface area contributed by atoms with Crippen LogP contribution in [0.4, 0.5) is 0 Å². The predicted octanol–water partition coefficient (Wildman–Crippen LogP) is 2.54. The lowest BCUT2D eigenvalue weighted by Crippen LogP contribution is -2.21. The van der Waals surface area contributed by atoms with Crippen LogP contribution in [0.5, 0.6) is 0 Å². The Morgan fingerprint density at radius 1 is 0.500 bits per heavy atom. The van der Waals surface area contributed by atoms with E-state index >= 15 is 0 Å². The van der Waals surface area contributed by atoms with Crippen LogP contribution < -0.4 is 0 Å². The molecule has 0 spiro atoms. The van der Waals surface area contributed by atoms with E-state index in [2.05, 4.69) is 0 Å². The van der Waals surface area contributed by atoms with Crippen LogP contribution in [0.15, 0.2) is 0 Å². The zero-order chi connectivity index (χ0) is 7.45. The molecular weight excluding hydrogens is 144 g/mol. The van der Waals surface area contributed by atoms with Crippen molar-refractivity contribution in [2.24, 2.45) is 47.3 Å². The topological polar surface area (TPSA) is 0 Å². The van der Waals surface area contributed by atoms with Gasteiger partial charge in [-0.15, -0.1) is 0 Å². The molecule has 2 unspecified atom stereocenters. The SMILES string of the molecule is C1C2C([C@@H]3C[C@H]13)[C@@H]1C[C@H]2[C@@H]2C[C@@H]21. The van der Waals surface area contributed by atoms with Crippen LogP contribution in [0.25, 0.3) is 0 Å². The molecule has 0 radical (unpaired) electrons. The lowest BCUT2D eigenvalue weighted by atomic mass is 9.79. The van der Waals surface area contributed by atoms with Gasteiger partial charge in [-0.25, -0.2) is 0 Å². The standard InChI is InChI=1S/C12H16/c1-5-2-10-9-4-11(8-3-7(8)9)12(10)6(1)5/h5-12H,1-4H2/t5-,6-,7-,8+,9+,10?,11-,12?/m1/s1. The Hall–Kier alpha value is 0. The third-order valence-electron chi connectivity index (χ3n) is 6.12. The molecule has 0 aliphatic heterocycles. The molecule has 0 saturated heterocycles. The zero-order valence-corrected chi connectivity index (χ0v) is 7.45. The van der Waals surface area contributed by atoms with Crippen LogP contribution in [0, 0.1) is 47.3 Å². The van der Waals surface area contributed by atoms with Crippen molar-refractivity contribution in [3.8, 4) is 0 Å². The van der Waals surface area contributed by atoms with E-state index in [4.69, 9.17) is 0 Å². The average Bonchev–Trinajstić information content (AvgIpc) is 2.92. The summed E-state index contributed by atoms with van der Waals surface area (Å²) in [6, 6.07) is 0. The first-order chi connectivity index (χ1) is 5.93. The fourth-order valence-electron chi connectivity index (χ4n) is 5.75. The molecule has 5 saturated carbocycles. The summed E-state index contributed by atoms with van der Waals surface area (Å²) in [5.41, 5.74) is 0. The van der Waals surface area contributed by atoms with Gasteiger partial charge in [-0.1, -0.05) is 0 Å². The second-order valence-corrected chi connectivity index (χ2v) is 6.26. The first-order valence-corrected chi connectivity index (χ1v) is 5.93. The zero-order valence-electron chi connectivity index (χ0n) is 7.45. The highest BCUT2D eigenvalue weighted by Crippen LogP contribution is 2.78. The monoisotopic (exact) mass is 160 g/mol. The summed E-state index contributed by atoms with van der Waals surface area (Å²) in [7, 11) is 0. The van der Waals surface area contributed by atoms with E-state index in [9.17, 15) is 0 Å². The fourth-order valence-corrected chi connectivity index (χ4v) is 5.75. The van der Waals surface area contributed by atoms with E-state index in [-0.39, 0.29) is 0 Å². The van der Waals surface area contributed by atoms with Gasteiger partial charge in [0.1, 0.15) is 0 Å². The predicted molar refractivity (Wildman–Crippen MR) is 46.4 cm³/mol. The van der Waals surface area contributed by atoms with Gasteiger partial charge in [0.2, 0.25) is 0 Å². The molecule has 0 amide bonds. The van der Waals surface area contributed by atoms with Crippen molar-refractivity contribution >= 4 is 0 Å². The van der Waals surface area contributed by atoms with Gasteiger partial charge in [-0.2, -0.15) is 0 Å². The Balaban J connectivity index is 1.66. The van der Waals surface area contributed by atoms with Crippen LogP contribution in [-0.2, 0) is 0 Å². The van der Waals surface area contributed by atoms with E-state index in [0.29, 0.717) is 0 Å². The minimum Gasteiger partial charge on any atom is -0.0468 e. The molecule has 2 bridgehead atoms. The molecule has 5 aliphatic rings. The molecule has 0 heterocycles. The maximum Gasteiger partial charge on any atom is -0.0321 e. The number of rotatable bonds is 0. The Bertz CT molecular complexity index is 265. The molecule has 12 heavy (non-hydrogen) atoms. The minimum atomic E-state index is 1.24. The summed E-state index contributed by atoms with van der Waals surface area (Å²) in [5.74, 6) is 10.0. The molecule has 5 rings (SSSR count). The average molecular weight is 160 g/mol. The maximum absolute atomic E-state index is 1.67. The highest BCUT2D eigenvalue weighted by atomic mass is 14.8. The summed E-state index contributed by atoms with van der Waals surface area (Å²) >= 11 is 0. The second kappa shape index (κ2) is 1.40. The van der Waals surface area contributed by atoms with E-state index in [1.54, 1.807) is 25.7 Å². The number of fused-ring (bicyclic) bond motifs is 10. The third kappa shape index (κ3) is 0.418. The van der Waals surface area contributed by atoms with E-state index in [1.165, 1.54) is 47.3 Å². The van der Waals surface area contributed by atoms with Gasteiger partial charge in [0.05, 0.1) is 0 Å². The lowest BCUT2D eigenvalue weighted by Gasteiger charge is -2.26. The van der Waals surface area contributed by atoms with Crippen molar-refractivity contribution in [1.82, 2.24) is 0 Å². The van der Waals surface area contributed by atoms with Gasteiger partial charge in [0.25, 0.3) is 0 Å². The van der Waals surface area contributed by atoms with Crippen molar-refractivity contribution in [2.75, 3.05) is 0 Å². The molecule has 8 atom stereocenters. The normalized spacial score (nSPS) is 80.0. The molecule has 0 N–H and O–H groups in total. The molecular formula is C12H16. The van der Waals surface area contributed by atoms with Crippen LogP contribution in [0.3, 0.4) is 0 Å². The molecule has 0 aromatic rings. The number of hydrogen-bond donors (Lipinski definition) is 0. The van der Waals surface area contributed by atoms with Crippen LogP contribution in [0.2, 0.25) is 0 Å². The molecule has 0 nitrogen and oxygen atoms in total. The van der Waals surface area contributed by atoms with Crippen LogP contribution in [0.1, 0.15) is 25.7 Å². The Labute approximate surface area is 73.7 Å². The second-order valence-electron chi connectivity index (χ2n) is 6.26. The van der Waals surface area contributed by atoms with Crippen molar-refractivity contribution < 1.29 is 0 Å². The Morgan fingerprint density at radius 3 is 2.00 bits per heavy atom. The van der Waals surface area contributed by atoms with Gasteiger partial charge in [-0.3, -0.25) is 0 Å². The molecule has 0 aromatic heterocycles. The maximum atomic E-state index is 1.67. The summed E-state index contributed by atoms with van der Waals surface area (Å²) in [4.78, 5) is 0. The van der Waals surface area contributed by atoms with Crippen molar-refractivity contribution in [3.63, 3.8) is 0 Å². The molecule has 5 fully saturated rings. The van der Waals surface area contributed by atoms with Crippen LogP contribution >= 0.6 is 0 Å². The largest absolute Gasteiger partial charge is 0.0468 e. The quantitative estimate of drug-likeness (QED) is 0.511. The minimum absolute atomic E-state index is 1.24. The van der Waals surface area contributed by atoms with Crippen molar-refractivity contribution in [3.05, 3.63) is 0 Å². The van der Waals surface area contributed by atoms with Gasteiger partial charge in [-0.05, 0) is 73.0 Å². The fraction of sp³-hybridized carbons (Fsp3) is 1.00. The molecule has 0 heteroatoms. The van der Waals surface area contributed by atoms with E-state index in [1.807, 2.05) is 0 Å². The van der Waals surface area contributed by atoms with Crippen molar-refractivity contribution in [1.29, 1.82) is 0 Å². The van der Waals surface area contributed by atoms with Gasteiger partial charge in [0, 0.05) is 0 Å². The van der Waals surface area contributed by atoms with Gasteiger partial charge in [0.15, 0.2) is 0 Å². The lowest BCUT2D eigenvalue weighted by molar-refractivity contribution is 0.214. The van der Waals surface area contributed by atoms with E-state index in [0.717, 1.165) is 0 Å². The summed E-state index contributed by atoms with van der Waals surface area (Å²) in [6.45, 7) is 0. The summed E-state index contributed by atoms with van der Waals surface area (Å²) in [6.07, 6.45) is 6.63. The molecule has 64 valence electrons. The van der Waals surface area contributed by atoms with Crippen molar-refractivity contribution in [2.45, 2.75) is 25.7 Å². The van der Waals surface area contributed by atoms with Gasteiger partial charge >= 0.3 is 0 Å². The first-order valence-electron chi connectivity index (χ1n) is 5.93. The highest BCUT2D eigenvalue weighted by Gasteiger charge is 2.71. The van der Waals surface area contributed by atoms with E-state index < -0.39 is 0 Å². The van der Waals surface area contributed by atoms with Crippen LogP contribution in [-0.4, -0.2) is 0 Å². The highest BCUT2D eigenvalue weighted by molar-refractivity contribution is 5.19. The smallest absolute Gasteiger partial charge is 0.0321 e.